The summed E-state index contributed by atoms with van der Waals surface area (Å²) < 4.78 is 0. The summed E-state index contributed by atoms with van der Waals surface area (Å²) in [5.74, 6) is -0.667. The molecule has 0 saturated heterocycles. The van der Waals surface area contributed by atoms with E-state index in [0.717, 1.165) is 32.1 Å². The van der Waals surface area contributed by atoms with E-state index in [9.17, 15) is 4.79 Å². The van der Waals surface area contributed by atoms with Gasteiger partial charge in [0.15, 0.2) is 0 Å². The lowest BCUT2D eigenvalue weighted by atomic mass is 10.1. The first-order valence-electron chi connectivity index (χ1n) is 9.25. The monoisotopic (exact) mass is 312 g/mol. The van der Waals surface area contributed by atoms with E-state index in [2.05, 4.69) is 12.2 Å². The van der Waals surface area contributed by atoms with Crippen molar-refractivity contribution in [2.75, 3.05) is 6.61 Å². The predicted molar refractivity (Wildman–Crippen MR) is 93.1 cm³/mol. The zero-order valence-corrected chi connectivity index (χ0v) is 14.3. The summed E-state index contributed by atoms with van der Waals surface area (Å²) in [7, 11) is 0. The van der Waals surface area contributed by atoms with Gasteiger partial charge in [-0.15, -0.1) is 0 Å². The van der Waals surface area contributed by atoms with Crippen molar-refractivity contribution in [1.82, 2.24) is 0 Å². The Labute approximate surface area is 136 Å². The van der Waals surface area contributed by atoms with Crippen LogP contribution < -0.4 is 0 Å². The van der Waals surface area contributed by atoms with Crippen LogP contribution in [0.1, 0.15) is 96.3 Å². The molecule has 3 heteroatoms. The number of unbranched alkanes of at least 4 members (excludes halogenated alkanes) is 12. The van der Waals surface area contributed by atoms with Crippen LogP contribution in [-0.2, 0) is 4.79 Å². The number of aliphatic hydroxyl groups excluding tert-OH is 1. The van der Waals surface area contributed by atoms with E-state index in [1.807, 2.05) is 0 Å². The maximum Gasteiger partial charge on any atom is 0.303 e. The van der Waals surface area contributed by atoms with Crippen molar-refractivity contribution >= 4 is 5.97 Å². The molecule has 0 aliphatic heterocycles. The first kappa shape index (κ1) is 21.2. The molecule has 0 heterocycles. The third kappa shape index (κ3) is 19.2. The average Bonchev–Trinajstić information content (AvgIpc) is 2.50. The van der Waals surface area contributed by atoms with Crippen molar-refractivity contribution in [3.05, 3.63) is 12.2 Å². The van der Waals surface area contributed by atoms with Gasteiger partial charge in [0.25, 0.3) is 0 Å². The van der Waals surface area contributed by atoms with Crippen LogP contribution in [0, 0.1) is 0 Å². The third-order valence-corrected chi connectivity index (χ3v) is 3.96. The summed E-state index contributed by atoms with van der Waals surface area (Å²) in [4.78, 5) is 10.3. The highest BCUT2D eigenvalue weighted by Gasteiger charge is 1.96. The fourth-order valence-corrected chi connectivity index (χ4v) is 2.56. The second kappa shape index (κ2) is 18.2. The lowest BCUT2D eigenvalue weighted by Crippen LogP contribution is -1.93. The molecule has 22 heavy (non-hydrogen) atoms. The van der Waals surface area contributed by atoms with Crippen molar-refractivity contribution in [2.24, 2.45) is 0 Å². The van der Waals surface area contributed by atoms with E-state index >= 15 is 0 Å². The molecule has 0 spiro atoms. The molecule has 3 nitrogen and oxygen atoms in total. The Balaban J connectivity index is 3.05. The molecule has 0 aliphatic carbocycles. The molecular formula is C19H36O3. The molecule has 0 aromatic rings. The van der Waals surface area contributed by atoms with E-state index in [0.29, 0.717) is 13.0 Å². The second-order valence-electron chi connectivity index (χ2n) is 6.16. The number of hydrogen-bond acceptors (Lipinski definition) is 2. The minimum atomic E-state index is -0.667. The fourth-order valence-electron chi connectivity index (χ4n) is 2.56. The van der Waals surface area contributed by atoms with Gasteiger partial charge in [-0.05, 0) is 38.5 Å². The van der Waals surface area contributed by atoms with Crippen LogP contribution in [0.15, 0.2) is 12.2 Å². The van der Waals surface area contributed by atoms with Crippen LogP contribution >= 0.6 is 0 Å². The lowest BCUT2D eigenvalue weighted by molar-refractivity contribution is -0.137. The van der Waals surface area contributed by atoms with Crippen molar-refractivity contribution in [3.63, 3.8) is 0 Å². The molecule has 0 atom stereocenters. The van der Waals surface area contributed by atoms with Crippen LogP contribution in [0.2, 0.25) is 0 Å². The SMILES string of the molecule is O=C(O)CCCCCCCCCCCC=CCCCCCO. The van der Waals surface area contributed by atoms with Crippen molar-refractivity contribution in [2.45, 2.75) is 96.3 Å². The van der Waals surface area contributed by atoms with E-state index in [1.54, 1.807) is 0 Å². The van der Waals surface area contributed by atoms with Crippen LogP contribution in [0.25, 0.3) is 0 Å². The van der Waals surface area contributed by atoms with E-state index in [1.165, 1.54) is 57.8 Å². The Morgan fingerprint density at radius 3 is 1.50 bits per heavy atom. The largest absolute Gasteiger partial charge is 0.481 e. The minimum Gasteiger partial charge on any atom is -0.481 e. The molecule has 0 fully saturated rings. The van der Waals surface area contributed by atoms with Crippen LogP contribution in [0.3, 0.4) is 0 Å². The number of carboxylic acids is 1. The summed E-state index contributed by atoms with van der Waals surface area (Å²) >= 11 is 0. The summed E-state index contributed by atoms with van der Waals surface area (Å²) in [5, 5.41) is 17.2. The maximum atomic E-state index is 10.3. The van der Waals surface area contributed by atoms with Crippen molar-refractivity contribution in [3.8, 4) is 0 Å². The normalized spacial score (nSPS) is 11.3. The minimum absolute atomic E-state index is 0.325. The fraction of sp³-hybridized carbons (Fsp3) is 0.842. The van der Waals surface area contributed by atoms with Crippen molar-refractivity contribution < 1.29 is 15.0 Å². The smallest absolute Gasteiger partial charge is 0.303 e. The molecule has 0 amide bonds. The number of aliphatic carboxylic acids is 1. The Morgan fingerprint density at radius 2 is 1.05 bits per heavy atom. The Bertz CT molecular complexity index is 261. The van der Waals surface area contributed by atoms with Gasteiger partial charge in [-0.25, -0.2) is 0 Å². The first-order valence-corrected chi connectivity index (χ1v) is 9.25. The Morgan fingerprint density at radius 1 is 0.636 bits per heavy atom. The quantitative estimate of drug-likeness (QED) is 0.276. The molecule has 0 aliphatic rings. The number of carbonyl (C=O) groups is 1. The summed E-state index contributed by atoms with van der Waals surface area (Å²) in [6.45, 7) is 0.325. The second-order valence-corrected chi connectivity index (χ2v) is 6.16. The van der Waals surface area contributed by atoms with E-state index in [4.69, 9.17) is 10.2 Å². The highest BCUT2D eigenvalue weighted by molar-refractivity contribution is 5.66. The first-order chi connectivity index (χ1) is 10.8. The Kier molecular flexibility index (Phi) is 17.5. The highest BCUT2D eigenvalue weighted by Crippen LogP contribution is 2.11. The molecular weight excluding hydrogens is 276 g/mol. The Hall–Kier alpha value is -0.830. The van der Waals surface area contributed by atoms with Gasteiger partial charge in [0.05, 0.1) is 0 Å². The molecule has 0 unspecified atom stereocenters. The van der Waals surface area contributed by atoms with Crippen LogP contribution in [-0.4, -0.2) is 22.8 Å². The molecule has 0 bridgehead atoms. The summed E-state index contributed by atoms with van der Waals surface area (Å²) in [6.07, 6.45) is 21.5. The van der Waals surface area contributed by atoms with Gasteiger partial charge in [-0.3, -0.25) is 4.79 Å². The number of allylic oxidation sites excluding steroid dienone is 2. The highest BCUT2D eigenvalue weighted by atomic mass is 16.4. The summed E-state index contributed by atoms with van der Waals surface area (Å²) in [5.41, 5.74) is 0. The standard InChI is InChI=1S/C19H36O3/c20-18-16-14-12-10-8-6-4-2-1-3-5-7-9-11-13-15-17-19(21)22/h6,8,20H,1-5,7,9-18H2,(H,21,22). The van der Waals surface area contributed by atoms with Gasteiger partial charge < -0.3 is 10.2 Å². The number of aliphatic hydroxyl groups is 1. The lowest BCUT2D eigenvalue weighted by Gasteiger charge is -2.01. The van der Waals surface area contributed by atoms with E-state index in [-0.39, 0.29) is 0 Å². The maximum absolute atomic E-state index is 10.3. The molecule has 0 radical (unpaired) electrons. The topological polar surface area (TPSA) is 57.5 Å². The van der Waals surface area contributed by atoms with E-state index < -0.39 is 5.97 Å². The van der Waals surface area contributed by atoms with Gasteiger partial charge >= 0.3 is 5.97 Å². The predicted octanol–water partition coefficient (Wildman–Crippen LogP) is 5.47. The zero-order valence-electron chi connectivity index (χ0n) is 14.3. The number of hydrogen-bond donors (Lipinski definition) is 2. The van der Waals surface area contributed by atoms with Crippen LogP contribution in [0.5, 0.6) is 0 Å². The molecule has 0 aromatic heterocycles. The molecule has 0 saturated carbocycles. The van der Waals surface area contributed by atoms with Crippen molar-refractivity contribution in [1.29, 1.82) is 0 Å². The van der Waals surface area contributed by atoms with Crippen LogP contribution in [0.4, 0.5) is 0 Å². The molecule has 0 aromatic carbocycles. The number of rotatable bonds is 17. The van der Waals surface area contributed by atoms with Gasteiger partial charge in [-0.2, -0.15) is 0 Å². The summed E-state index contributed by atoms with van der Waals surface area (Å²) in [6, 6.07) is 0. The van der Waals surface area contributed by atoms with Gasteiger partial charge in [0.2, 0.25) is 0 Å². The van der Waals surface area contributed by atoms with Gasteiger partial charge in [0.1, 0.15) is 0 Å². The third-order valence-electron chi connectivity index (χ3n) is 3.96. The average molecular weight is 312 g/mol. The molecule has 2 N–H and O–H groups in total. The molecule has 0 rings (SSSR count). The van der Waals surface area contributed by atoms with Gasteiger partial charge in [0, 0.05) is 13.0 Å². The zero-order chi connectivity index (χ0) is 16.3. The van der Waals surface area contributed by atoms with Gasteiger partial charge in [-0.1, -0.05) is 63.5 Å². The molecule has 130 valence electrons. The number of carboxylic acid groups (broad SMARTS) is 1.